The number of hydrogen-bond donors (Lipinski definition) is 2. The van der Waals surface area contributed by atoms with Gasteiger partial charge in [0.1, 0.15) is 5.82 Å². The number of rotatable bonds is 5. The highest BCUT2D eigenvalue weighted by molar-refractivity contribution is 7.14. The average Bonchev–Trinajstić information content (AvgIpc) is 2.79. The maximum absolute atomic E-state index is 6.16. The van der Waals surface area contributed by atoms with Crippen LogP contribution in [0.3, 0.4) is 0 Å². The van der Waals surface area contributed by atoms with Crippen LogP contribution in [0.1, 0.15) is 19.4 Å². The van der Waals surface area contributed by atoms with Crippen LogP contribution in [0.15, 0.2) is 22.6 Å². The molecule has 0 aliphatic heterocycles. The molecule has 0 bridgehead atoms. The van der Waals surface area contributed by atoms with Crippen LogP contribution in [0.25, 0.3) is 0 Å². The summed E-state index contributed by atoms with van der Waals surface area (Å²) in [7, 11) is 0. The minimum Gasteiger partial charge on any atom is -0.488 e. The van der Waals surface area contributed by atoms with Crippen molar-refractivity contribution >= 4 is 51.7 Å². The molecule has 3 N–H and O–H groups in total. The fourth-order valence-electron chi connectivity index (χ4n) is 1.50. The lowest BCUT2D eigenvalue weighted by Gasteiger charge is -2.13. The highest BCUT2D eigenvalue weighted by atomic mass is 35.5. The van der Waals surface area contributed by atoms with Crippen molar-refractivity contribution in [2.75, 3.05) is 11.2 Å². The Morgan fingerprint density at radius 3 is 2.57 bits per heavy atom. The van der Waals surface area contributed by atoms with E-state index >= 15 is 0 Å². The molecule has 0 atom stereocenters. The van der Waals surface area contributed by atoms with E-state index in [1.807, 2.05) is 13.8 Å². The molecule has 8 heteroatoms. The number of halogens is 2. The Labute approximate surface area is 136 Å². The van der Waals surface area contributed by atoms with Crippen molar-refractivity contribution in [3.63, 3.8) is 0 Å². The first kappa shape index (κ1) is 15.9. The van der Waals surface area contributed by atoms with Crippen LogP contribution in [0.5, 0.6) is 5.75 Å². The van der Waals surface area contributed by atoms with Gasteiger partial charge in [0.15, 0.2) is 5.75 Å². The second-order valence-corrected chi connectivity index (χ2v) is 6.10. The summed E-state index contributed by atoms with van der Waals surface area (Å²) in [5, 5.41) is 7.28. The van der Waals surface area contributed by atoms with Crippen LogP contribution in [0.2, 0.25) is 10.0 Å². The number of ether oxygens (including phenoxy) is 1. The summed E-state index contributed by atoms with van der Waals surface area (Å²) >= 11 is 13.7. The van der Waals surface area contributed by atoms with Gasteiger partial charge in [-0.2, -0.15) is 5.10 Å². The van der Waals surface area contributed by atoms with Crippen molar-refractivity contribution in [2.24, 2.45) is 5.10 Å². The number of thiazole rings is 1. The number of hydrogen-bond acceptors (Lipinski definition) is 6. The first-order valence-corrected chi connectivity index (χ1v) is 7.75. The highest BCUT2D eigenvalue weighted by Gasteiger charge is 2.10. The van der Waals surface area contributed by atoms with E-state index in [0.717, 1.165) is 5.56 Å². The smallest absolute Gasteiger partial charge is 0.205 e. The minimum atomic E-state index is -0.00320. The molecule has 1 aromatic heterocycles. The van der Waals surface area contributed by atoms with Gasteiger partial charge in [-0.3, -0.25) is 5.43 Å². The predicted molar refractivity (Wildman–Crippen MR) is 90.0 cm³/mol. The molecule has 2 aromatic rings. The standard InChI is InChI=1S/C13H14Cl2N4OS/c1-7(2)20-12-9(14)3-8(4-10(12)15)5-17-19-13-18-11(16)6-21-13/h3-7H,16H2,1-2H3,(H,18,19). The van der Waals surface area contributed by atoms with Crippen LogP contribution < -0.4 is 15.9 Å². The molecule has 1 heterocycles. The number of benzene rings is 1. The van der Waals surface area contributed by atoms with Crippen molar-refractivity contribution in [1.29, 1.82) is 0 Å². The summed E-state index contributed by atoms with van der Waals surface area (Å²) in [5.41, 5.74) is 9.04. The van der Waals surface area contributed by atoms with Crippen molar-refractivity contribution < 1.29 is 4.74 Å². The topological polar surface area (TPSA) is 72.5 Å². The van der Waals surface area contributed by atoms with Gasteiger partial charge in [-0.25, -0.2) is 4.98 Å². The van der Waals surface area contributed by atoms with Gasteiger partial charge in [-0.15, -0.1) is 11.3 Å². The third-order valence-electron chi connectivity index (χ3n) is 2.27. The van der Waals surface area contributed by atoms with Crippen LogP contribution in [0.4, 0.5) is 10.9 Å². The van der Waals surface area contributed by atoms with E-state index in [9.17, 15) is 0 Å². The zero-order valence-corrected chi connectivity index (χ0v) is 13.8. The molecular formula is C13H14Cl2N4OS. The fraction of sp³-hybridized carbons (Fsp3) is 0.231. The van der Waals surface area contributed by atoms with Gasteiger partial charge in [0.05, 0.1) is 22.4 Å². The molecule has 0 amide bonds. The molecular weight excluding hydrogens is 331 g/mol. The molecule has 21 heavy (non-hydrogen) atoms. The lowest BCUT2D eigenvalue weighted by Crippen LogP contribution is -2.06. The van der Waals surface area contributed by atoms with E-state index < -0.39 is 0 Å². The summed E-state index contributed by atoms with van der Waals surface area (Å²) in [6, 6.07) is 3.46. The van der Waals surface area contributed by atoms with Gasteiger partial charge in [0, 0.05) is 5.38 Å². The van der Waals surface area contributed by atoms with Gasteiger partial charge in [-0.05, 0) is 31.5 Å². The molecule has 0 unspecified atom stereocenters. The number of nitrogens with two attached hydrogens (primary N) is 1. The number of aromatic nitrogens is 1. The maximum Gasteiger partial charge on any atom is 0.205 e. The number of hydrazone groups is 1. The Bertz CT molecular complexity index is 634. The molecule has 0 saturated heterocycles. The molecule has 5 nitrogen and oxygen atoms in total. The molecule has 0 aliphatic carbocycles. The molecule has 2 rings (SSSR count). The van der Waals surface area contributed by atoms with Crippen molar-refractivity contribution in [2.45, 2.75) is 20.0 Å². The molecule has 0 spiro atoms. The van der Waals surface area contributed by atoms with E-state index in [0.29, 0.717) is 26.7 Å². The Kier molecular flexibility index (Phi) is 5.27. The molecule has 0 radical (unpaired) electrons. The highest BCUT2D eigenvalue weighted by Crippen LogP contribution is 2.34. The number of nitrogens with zero attached hydrogens (tertiary/aromatic N) is 2. The zero-order chi connectivity index (χ0) is 15.4. The minimum absolute atomic E-state index is 0.00320. The maximum atomic E-state index is 6.16. The van der Waals surface area contributed by atoms with Crippen LogP contribution in [0, 0.1) is 0 Å². The van der Waals surface area contributed by atoms with Crippen LogP contribution in [-0.4, -0.2) is 17.3 Å². The van der Waals surface area contributed by atoms with E-state index in [1.54, 1.807) is 23.7 Å². The first-order valence-electron chi connectivity index (χ1n) is 6.11. The van der Waals surface area contributed by atoms with E-state index in [2.05, 4.69) is 15.5 Å². The monoisotopic (exact) mass is 344 g/mol. The van der Waals surface area contributed by atoms with Gasteiger partial charge in [-0.1, -0.05) is 23.2 Å². The van der Waals surface area contributed by atoms with Crippen LogP contribution >= 0.6 is 34.5 Å². The number of anilines is 2. The summed E-state index contributed by atoms with van der Waals surface area (Å²) in [4.78, 5) is 4.02. The lowest BCUT2D eigenvalue weighted by atomic mass is 10.2. The SMILES string of the molecule is CC(C)Oc1c(Cl)cc(C=NNc2nc(N)cs2)cc1Cl. The lowest BCUT2D eigenvalue weighted by molar-refractivity contribution is 0.243. The number of nitrogen functional groups attached to an aromatic ring is 1. The quantitative estimate of drug-likeness (QED) is 0.627. The average molecular weight is 345 g/mol. The van der Waals surface area contributed by atoms with Gasteiger partial charge in [0.25, 0.3) is 0 Å². The first-order chi connectivity index (χ1) is 9.95. The molecule has 0 saturated carbocycles. The molecule has 1 aromatic carbocycles. The summed E-state index contributed by atoms with van der Waals surface area (Å²) in [6.45, 7) is 3.82. The molecule has 0 fully saturated rings. The zero-order valence-electron chi connectivity index (χ0n) is 11.4. The van der Waals surface area contributed by atoms with Gasteiger partial charge < -0.3 is 10.5 Å². The van der Waals surface area contributed by atoms with Gasteiger partial charge in [0.2, 0.25) is 5.13 Å². The van der Waals surface area contributed by atoms with E-state index in [4.69, 9.17) is 33.7 Å². The second kappa shape index (κ2) is 6.98. The largest absolute Gasteiger partial charge is 0.488 e. The third-order valence-corrected chi connectivity index (χ3v) is 3.60. The summed E-state index contributed by atoms with van der Waals surface area (Å²) in [6.07, 6.45) is 1.59. The Hall–Kier alpha value is -1.50. The van der Waals surface area contributed by atoms with E-state index in [1.165, 1.54) is 11.3 Å². The number of nitrogens with one attached hydrogen (secondary N) is 1. The summed E-state index contributed by atoms with van der Waals surface area (Å²) < 4.78 is 5.56. The second-order valence-electron chi connectivity index (χ2n) is 4.43. The Balaban J connectivity index is 2.10. The Morgan fingerprint density at radius 2 is 2.05 bits per heavy atom. The normalized spacial score (nSPS) is 11.3. The predicted octanol–water partition coefficient (Wildman–Crippen LogP) is 4.27. The Morgan fingerprint density at radius 1 is 1.38 bits per heavy atom. The summed E-state index contributed by atoms with van der Waals surface area (Å²) in [5.74, 6) is 0.935. The van der Waals surface area contributed by atoms with E-state index in [-0.39, 0.29) is 6.10 Å². The van der Waals surface area contributed by atoms with Gasteiger partial charge >= 0.3 is 0 Å². The van der Waals surface area contributed by atoms with Crippen LogP contribution in [-0.2, 0) is 0 Å². The fourth-order valence-corrected chi connectivity index (χ4v) is 2.64. The van der Waals surface area contributed by atoms with Crippen molar-refractivity contribution in [3.8, 4) is 5.75 Å². The van der Waals surface area contributed by atoms with Crippen molar-refractivity contribution in [1.82, 2.24) is 4.98 Å². The molecule has 0 aliphatic rings. The third kappa shape index (κ3) is 4.49. The molecule has 112 valence electrons. The van der Waals surface area contributed by atoms with Crippen molar-refractivity contribution in [3.05, 3.63) is 33.1 Å².